The van der Waals surface area contributed by atoms with Crippen LogP contribution in [0.1, 0.15) is 17.8 Å². The van der Waals surface area contributed by atoms with E-state index in [0.29, 0.717) is 22.8 Å². The maximum atomic E-state index is 12.1. The Labute approximate surface area is 115 Å². The van der Waals surface area contributed by atoms with Gasteiger partial charge in [0, 0.05) is 13.6 Å². The number of halogens is 1. The number of hydrogen-bond acceptors (Lipinski definition) is 4. The standard InChI is InChI=1S/C10H20N4O2S.ClH/c1-8-10(9(2)14(4)13-8)17(15,16)12-7-5-6-11-3;/h11-12H,5-7H2,1-4H3;1H. The maximum Gasteiger partial charge on any atom is 0.244 e. The molecule has 0 aliphatic carbocycles. The van der Waals surface area contributed by atoms with E-state index in [0.717, 1.165) is 13.0 Å². The highest BCUT2D eigenvalue weighted by Gasteiger charge is 2.22. The van der Waals surface area contributed by atoms with E-state index in [4.69, 9.17) is 0 Å². The average molecular weight is 297 g/mol. The van der Waals surface area contributed by atoms with Gasteiger partial charge in [-0.25, -0.2) is 13.1 Å². The van der Waals surface area contributed by atoms with Crippen molar-refractivity contribution in [1.29, 1.82) is 0 Å². The first-order chi connectivity index (χ1) is 7.90. The van der Waals surface area contributed by atoms with Gasteiger partial charge in [0.05, 0.1) is 11.4 Å². The summed E-state index contributed by atoms with van der Waals surface area (Å²) in [6.45, 7) is 4.67. The van der Waals surface area contributed by atoms with Gasteiger partial charge in [0.15, 0.2) is 0 Å². The number of sulfonamides is 1. The van der Waals surface area contributed by atoms with Crippen molar-refractivity contribution in [2.24, 2.45) is 7.05 Å². The minimum absolute atomic E-state index is 0. The molecule has 0 spiro atoms. The molecule has 8 heteroatoms. The van der Waals surface area contributed by atoms with Gasteiger partial charge in [-0.3, -0.25) is 4.68 Å². The van der Waals surface area contributed by atoms with Crippen molar-refractivity contribution in [2.45, 2.75) is 25.2 Å². The Bertz CT molecular complexity index is 484. The van der Waals surface area contributed by atoms with Crippen molar-refractivity contribution >= 4 is 22.4 Å². The first kappa shape index (κ1) is 17.4. The van der Waals surface area contributed by atoms with E-state index in [9.17, 15) is 8.42 Å². The van der Waals surface area contributed by atoms with Crippen LogP contribution in [0.15, 0.2) is 4.90 Å². The number of rotatable bonds is 6. The minimum Gasteiger partial charge on any atom is -0.320 e. The smallest absolute Gasteiger partial charge is 0.244 e. The van der Waals surface area contributed by atoms with Crippen LogP contribution < -0.4 is 10.0 Å². The number of nitrogens with zero attached hydrogens (tertiary/aromatic N) is 2. The largest absolute Gasteiger partial charge is 0.320 e. The van der Waals surface area contributed by atoms with Gasteiger partial charge in [0.1, 0.15) is 4.90 Å². The quantitative estimate of drug-likeness (QED) is 0.743. The molecular formula is C10H21ClN4O2S. The third kappa shape index (κ3) is 3.94. The van der Waals surface area contributed by atoms with E-state index in [1.54, 1.807) is 25.6 Å². The molecule has 0 fully saturated rings. The van der Waals surface area contributed by atoms with E-state index in [1.165, 1.54) is 0 Å². The Morgan fingerprint density at radius 1 is 1.28 bits per heavy atom. The van der Waals surface area contributed by atoms with Crippen molar-refractivity contribution in [3.05, 3.63) is 11.4 Å². The molecule has 1 aromatic heterocycles. The van der Waals surface area contributed by atoms with E-state index in [-0.39, 0.29) is 12.4 Å². The third-order valence-electron chi connectivity index (χ3n) is 2.61. The van der Waals surface area contributed by atoms with Crippen LogP contribution in [-0.2, 0) is 17.1 Å². The minimum atomic E-state index is -3.44. The topological polar surface area (TPSA) is 76.0 Å². The SMILES string of the molecule is CNCCCNS(=O)(=O)c1c(C)nn(C)c1C.Cl. The van der Waals surface area contributed by atoms with Gasteiger partial charge in [-0.05, 0) is 33.9 Å². The van der Waals surface area contributed by atoms with Crippen LogP contribution in [-0.4, -0.2) is 38.3 Å². The molecule has 0 atom stereocenters. The van der Waals surface area contributed by atoms with Crippen LogP contribution >= 0.6 is 12.4 Å². The summed E-state index contributed by atoms with van der Waals surface area (Å²) in [6, 6.07) is 0. The summed E-state index contributed by atoms with van der Waals surface area (Å²) in [5, 5.41) is 7.08. The first-order valence-electron chi connectivity index (χ1n) is 5.54. The molecule has 0 bridgehead atoms. The number of aryl methyl sites for hydroxylation is 2. The number of nitrogens with one attached hydrogen (secondary N) is 2. The predicted octanol–water partition coefficient (Wildman–Crippen LogP) is 0.347. The Kier molecular flexibility index (Phi) is 6.83. The highest BCUT2D eigenvalue weighted by molar-refractivity contribution is 7.89. The van der Waals surface area contributed by atoms with Gasteiger partial charge in [-0.1, -0.05) is 0 Å². The van der Waals surface area contributed by atoms with E-state index in [2.05, 4.69) is 15.1 Å². The molecule has 1 aromatic rings. The molecule has 0 radical (unpaired) electrons. The zero-order valence-electron chi connectivity index (χ0n) is 11.1. The summed E-state index contributed by atoms with van der Waals surface area (Å²) >= 11 is 0. The Hall–Kier alpha value is -0.630. The van der Waals surface area contributed by atoms with Gasteiger partial charge in [-0.15, -0.1) is 12.4 Å². The lowest BCUT2D eigenvalue weighted by atomic mass is 10.4. The summed E-state index contributed by atoms with van der Waals surface area (Å²) < 4.78 is 28.3. The van der Waals surface area contributed by atoms with Gasteiger partial charge in [-0.2, -0.15) is 5.10 Å². The molecule has 6 nitrogen and oxygen atoms in total. The molecule has 1 rings (SSSR count). The van der Waals surface area contributed by atoms with Gasteiger partial charge in [0.25, 0.3) is 0 Å². The Morgan fingerprint density at radius 2 is 1.89 bits per heavy atom. The molecule has 0 aliphatic heterocycles. The molecule has 2 N–H and O–H groups in total. The molecule has 0 saturated carbocycles. The van der Waals surface area contributed by atoms with E-state index < -0.39 is 10.0 Å². The van der Waals surface area contributed by atoms with Crippen LogP contribution in [0.3, 0.4) is 0 Å². The van der Waals surface area contributed by atoms with Gasteiger partial charge < -0.3 is 5.32 Å². The van der Waals surface area contributed by atoms with Crippen LogP contribution in [0.2, 0.25) is 0 Å². The van der Waals surface area contributed by atoms with Gasteiger partial charge in [0.2, 0.25) is 10.0 Å². The predicted molar refractivity (Wildman–Crippen MR) is 73.7 cm³/mol. The zero-order valence-corrected chi connectivity index (χ0v) is 12.8. The highest BCUT2D eigenvalue weighted by Crippen LogP contribution is 2.17. The third-order valence-corrected chi connectivity index (χ3v) is 4.32. The second kappa shape index (κ2) is 7.08. The lowest BCUT2D eigenvalue weighted by Gasteiger charge is -2.06. The number of hydrogen-bond donors (Lipinski definition) is 2. The molecule has 0 aromatic carbocycles. The molecule has 0 amide bonds. The fourth-order valence-corrected chi connectivity index (χ4v) is 3.20. The summed E-state index contributed by atoms with van der Waals surface area (Å²) in [5.74, 6) is 0. The van der Waals surface area contributed by atoms with E-state index in [1.807, 2.05) is 7.05 Å². The lowest BCUT2D eigenvalue weighted by molar-refractivity contribution is 0.575. The molecule has 0 aliphatic rings. The van der Waals surface area contributed by atoms with Crippen molar-refractivity contribution in [2.75, 3.05) is 20.1 Å². The van der Waals surface area contributed by atoms with Crippen LogP contribution in [0.4, 0.5) is 0 Å². The summed E-state index contributed by atoms with van der Waals surface area (Å²) in [6.07, 6.45) is 0.758. The summed E-state index contributed by atoms with van der Waals surface area (Å²) in [4.78, 5) is 0.296. The second-order valence-electron chi connectivity index (χ2n) is 3.98. The molecule has 106 valence electrons. The molecule has 18 heavy (non-hydrogen) atoms. The number of aromatic nitrogens is 2. The van der Waals surface area contributed by atoms with Crippen LogP contribution in [0.5, 0.6) is 0 Å². The van der Waals surface area contributed by atoms with Crippen molar-refractivity contribution in [1.82, 2.24) is 19.8 Å². The van der Waals surface area contributed by atoms with Crippen LogP contribution in [0, 0.1) is 13.8 Å². The fraction of sp³-hybridized carbons (Fsp3) is 0.700. The monoisotopic (exact) mass is 296 g/mol. The second-order valence-corrected chi connectivity index (χ2v) is 5.68. The zero-order chi connectivity index (χ0) is 13.1. The highest BCUT2D eigenvalue weighted by atomic mass is 35.5. The molecule has 0 saturated heterocycles. The van der Waals surface area contributed by atoms with Gasteiger partial charge >= 0.3 is 0 Å². The first-order valence-corrected chi connectivity index (χ1v) is 7.03. The Morgan fingerprint density at radius 3 is 2.33 bits per heavy atom. The lowest BCUT2D eigenvalue weighted by Crippen LogP contribution is -2.27. The normalized spacial score (nSPS) is 11.3. The summed E-state index contributed by atoms with van der Waals surface area (Å²) in [5.41, 5.74) is 1.19. The van der Waals surface area contributed by atoms with Crippen LogP contribution in [0.25, 0.3) is 0 Å². The molecular weight excluding hydrogens is 276 g/mol. The van der Waals surface area contributed by atoms with Crippen molar-refractivity contribution in [3.63, 3.8) is 0 Å². The Balaban J connectivity index is 0.00000289. The summed E-state index contributed by atoms with van der Waals surface area (Å²) in [7, 11) is 0.133. The maximum absolute atomic E-state index is 12.1. The average Bonchev–Trinajstić information content (AvgIpc) is 2.48. The fourth-order valence-electron chi connectivity index (χ4n) is 1.69. The van der Waals surface area contributed by atoms with Crippen molar-refractivity contribution < 1.29 is 8.42 Å². The van der Waals surface area contributed by atoms with Crippen molar-refractivity contribution in [3.8, 4) is 0 Å². The molecule has 1 heterocycles. The molecule has 0 unspecified atom stereocenters. The van der Waals surface area contributed by atoms with E-state index >= 15 is 0 Å².